The lowest BCUT2D eigenvalue weighted by atomic mass is 9.97. The van der Waals surface area contributed by atoms with Gasteiger partial charge in [0.25, 0.3) is 0 Å². The highest BCUT2D eigenvalue weighted by molar-refractivity contribution is 7.89. The molecular weight excluding hydrogens is 412 g/mol. The van der Waals surface area contributed by atoms with Crippen LogP contribution in [0.3, 0.4) is 0 Å². The Morgan fingerprint density at radius 2 is 1.80 bits per heavy atom. The monoisotopic (exact) mass is 437 g/mol. The Bertz CT molecular complexity index is 1020. The van der Waals surface area contributed by atoms with Crippen LogP contribution in [0.5, 0.6) is 5.75 Å². The summed E-state index contributed by atoms with van der Waals surface area (Å²) in [6.07, 6.45) is 1.51. The maximum absolute atomic E-state index is 13.4. The third kappa shape index (κ3) is 4.70. The van der Waals surface area contributed by atoms with E-state index >= 15 is 0 Å². The number of benzene rings is 2. The van der Waals surface area contributed by atoms with Crippen LogP contribution in [-0.4, -0.2) is 31.8 Å². The number of carbonyl (C=O) groups excluding carboxylic acids is 1. The van der Waals surface area contributed by atoms with Crippen LogP contribution < -0.4 is 4.74 Å². The van der Waals surface area contributed by atoms with Gasteiger partial charge in [-0.05, 0) is 55.0 Å². The van der Waals surface area contributed by atoms with Crippen molar-refractivity contribution < 1.29 is 26.7 Å². The fourth-order valence-electron chi connectivity index (χ4n) is 3.51. The quantitative estimate of drug-likeness (QED) is 0.494. The Labute approximate surface area is 175 Å². The van der Waals surface area contributed by atoms with E-state index in [9.17, 15) is 22.0 Å². The van der Waals surface area contributed by atoms with Crippen LogP contribution in [0.4, 0.5) is 8.78 Å². The van der Waals surface area contributed by atoms with Crippen LogP contribution in [0.15, 0.2) is 47.4 Å². The standard InChI is InChI=1S/C22H25F2NO4S/c1-3-15(2)18-6-4-5-7-21(18)29-22(26)16-10-12-25(13-11-16)30(27,28)17-8-9-19(23)20(24)14-17/h4-9,14-16H,3,10-13H2,1-2H3. The van der Waals surface area contributed by atoms with E-state index in [1.54, 1.807) is 6.07 Å². The Kier molecular flexibility index (Phi) is 6.88. The molecule has 1 fully saturated rings. The molecule has 162 valence electrons. The summed E-state index contributed by atoms with van der Waals surface area (Å²) in [4.78, 5) is 12.4. The second-order valence-electron chi connectivity index (χ2n) is 7.52. The number of esters is 1. The van der Waals surface area contributed by atoms with Gasteiger partial charge in [0.1, 0.15) is 5.75 Å². The first-order valence-electron chi connectivity index (χ1n) is 9.99. The lowest BCUT2D eigenvalue weighted by Crippen LogP contribution is -2.41. The molecule has 0 amide bonds. The zero-order chi connectivity index (χ0) is 21.9. The summed E-state index contributed by atoms with van der Waals surface area (Å²) >= 11 is 0. The average Bonchev–Trinajstić information content (AvgIpc) is 2.75. The Morgan fingerprint density at radius 1 is 1.13 bits per heavy atom. The van der Waals surface area contributed by atoms with Crippen molar-refractivity contribution >= 4 is 16.0 Å². The third-order valence-corrected chi connectivity index (χ3v) is 7.48. The van der Waals surface area contributed by atoms with Gasteiger partial charge in [0.2, 0.25) is 10.0 Å². The Morgan fingerprint density at radius 3 is 2.43 bits per heavy atom. The van der Waals surface area contributed by atoms with Gasteiger partial charge in [0.15, 0.2) is 11.6 Å². The summed E-state index contributed by atoms with van der Waals surface area (Å²) in [5, 5.41) is 0. The molecule has 2 aromatic rings. The molecule has 8 heteroatoms. The molecule has 1 atom stereocenters. The number of rotatable bonds is 6. The lowest BCUT2D eigenvalue weighted by Gasteiger charge is -2.30. The molecule has 1 aliphatic rings. The smallest absolute Gasteiger partial charge is 0.314 e. The molecule has 30 heavy (non-hydrogen) atoms. The number of ether oxygens (including phenoxy) is 1. The highest BCUT2D eigenvalue weighted by Gasteiger charge is 2.33. The van der Waals surface area contributed by atoms with Crippen molar-refractivity contribution in [1.82, 2.24) is 4.31 Å². The van der Waals surface area contributed by atoms with E-state index in [0.717, 1.165) is 24.1 Å². The Hall–Kier alpha value is -2.32. The molecule has 0 bridgehead atoms. The number of carbonyl (C=O) groups is 1. The zero-order valence-electron chi connectivity index (χ0n) is 17.0. The van der Waals surface area contributed by atoms with Crippen molar-refractivity contribution in [3.05, 3.63) is 59.7 Å². The van der Waals surface area contributed by atoms with Crippen LogP contribution in [0.1, 0.15) is 44.6 Å². The molecule has 0 N–H and O–H groups in total. The number of nitrogens with zero attached hydrogens (tertiary/aromatic N) is 1. The first kappa shape index (κ1) is 22.4. The van der Waals surface area contributed by atoms with E-state index in [1.807, 2.05) is 18.2 Å². The normalized spacial score (nSPS) is 16.9. The van der Waals surface area contributed by atoms with E-state index in [-0.39, 0.29) is 29.9 Å². The summed E-state index contributed by atoms with van der Waals surface area (Å²) in [6, 6.07) is 9.93. The number of sulfonamides is 1. The van der Waals surface area contributed by atoms with Gasteiger partial charge in [0, 0.05) is 13.1 Å². The van der Waals surface area contributed by atoms with Crippen LogP contribution in [-0.2, 0) is 14.8 Å². The van der Waals surface area contributed by atoms with Crippen molar-refractivity contribution in [2.75, 3.05) is 13.1 Å². The predicted octanol–water partition coefficient (Wildman–Crippen LogP) is 4.48. The second kappa shape index (κ2) is 9.22. The molecule has 0 aromatic heterocycles. The fourth-order valence-corrected chi connectivity index (χ4v) is 4.99. The molecule has 5 nitrogen and oxygen atoms in total. The summed E-state index contributed by atoms with van der Waals surface area (Å²) < 4.78 is 58.8. The third-order valence-electron chi connectivity index (χ3n) is 5.59. The van der Waals surface area contributed by atoms with Gasteiger partial charge in [-0.15, -0.1) is 0 Å². The topological polar surface area (TPSA) is 63.7 Å². The number of hydrogen-bond acceptors (Lipinski definition) is 4. The maximum atomic E-state index is 13.4. The van der Waals surface area contributed by atoms with Gasteiger partial charge >= 0.3 is 5.97 Å². The molecular formula is C22H25F2NO4S. The van der Waals surface area contributed by atoms with Crippen LogP contribution >= 0.6 is 0 Å². The lowest BCUT2D eigenvalue weighted by molar-refractivity contribution is -0.140. The van der Waals surface area contributed by atoms with Crippen LogP contribution in [0, 0.1) is 17.6 Å². The van der Waals surface area contributed by atoms with Crippen molar-refractivity contribution in [1.29, 1.82) is 0 Å². The molecule has 1 aliphatic heterocycles. The molecule has 1 saturated heterocycles. The molecule has 2 aromatic carbocycles. The van der Waals surface area contributed by atoms with Gasteiger partial charge in [0.05, 0.1) is 10.8 Å². The molecule has 0 radical (unpaired) electrons. The minimum absolute atomic E-state index is 0.105. The van der Waals surface area contributed by atoms with Crippen LogP contribution in [0.25, 0.3) is 0 Å². The minimum Gasteiger partial charge on any atom is -0.426 e. The van der Waals surface area contributed by atoms with Crippen LogP contribution in [0.2, 0.25) is 0 Å². The fraction of sp³-hybridized carbons (Fsp3) is 0.409. The van der Waals surface area contributed by atoms with E-state index in [0.29, 0.717) is 24.7 Å². The summed E-state index contributed by atoms with van der Waals surface area (Å²) in [6.45, 7) is 4.34. The van der Waals surface area contributed by atoms with Crippen molar-refractivity contribution in [3.63, 3.8) is 0 Å². The maximum Gasteiger partial charge on any atom is 0.314 e. The highest BCUT2D eigenvalue weighted by Crippen LogP contribution is 2.31. The SMILES string of the molecule is CCC(C)c1ccccc1OC(=O)C1CCN(S(=O)(=O)c2ccc(F)c(F)c2)CC1. The molecule has 0 saturated carbocycles. The molecule has 0 spiro atoms. The van der Waals surface area contributed by atoms with Gasteiger partial charge in [-0.2, -0.15) is 4.31 Å². The molecule has 0 aliphatic carbocycles. The molecule has 1 unspecified atom stereocenters. The van der Waals surface area contributed by atoms with Gasteiger partial charge in [-0.3, -0.25) is 4.79 Å². The van der Waals surface area contributed by atoms with Crippen molar-refractivity contribution in [2.45, 2.75) is 43.9 Å². The zero-order valence-corrected chi connectivity index (χ0v) is 17.8. The van der Waals surface area contributed by atoms with Gasteiger partial charge < -0.3 is 4.74 Å². The Balaban J connectivity index is 1.65. The molecule has 1 heterocycles. The van der Waals surface area contributed by atoms with Crippen molar-refractivity contribution in [3.8, 4) is 5.75 Å². The largest absolute Gasteiger partial charge is 0.426 e. The summed E-state index contributed by atoms with van der Waals surface area (Å²) in [7, 11) is -3.96. The number of hydrogen-bond donors (Lipinski definition) is 0. The first-order valence-corrected chi connectivity index (χ1v) is 11.4. The summed E-state index contributed by atoms with van der Waals surface area (Å²) in [5.41, 5.74) is 0.965. The summed E-state index contributed by atoms with van der Waals surface area (Å²) in [5.74, 6) is -2.34. The number of piperidine rings is 1. The van der Waals surface area contributed by atoms with E-state index in [4.69, 9.17) is 4.74 Å². The predicted molar refractivity (Wildman–Crippen MR) is 109 cm³/mol. The van der Waals surface area contributed by atoms with E-state index < -0.39 is 27.6 Å². The van der Waals surface area contributed by atoms with E-state index in [1.165, 1.54) is 4.31 Å². The molecule has 3 rings (SSSR count). The van der Waals surface area contributed by atoms with E-state index in [2.05, 4.69) is 13.8 Å². The van der Waals surface area contributed by atoms with Gasteiger partial charge in [-0.25, -0.2) is 17.2 Å². The second-order valence-corrected chi connectivity index (χ2v) is 9.46. The minimum atomic E-state index is -3.96. The van der Waals surface area contributed by atoms with Crippen molar-refractivity contribution in [2.24, 2.45) is 5.92 Å². The number of para-hydroxylation sites is 1. The first-order chi connectivity index (χ1) is 14.2. The number of halogens is 2. The average molecular weight is 438 g/mol. The van der Waals surface area contributed by atoms with Gasteiger partial charge in [-0.1, -0.05) is 32.0 Å². The highest BCUT2D eigenvalue weighted by atomic mass is 32.2.